The molecule has 3 heterocycles. The summed E-state index contributed by atoms with van der Waals surface area (Å²) in [5.74, 6) is 1.13. The molecule has 27 heavy (non-hydrogen) atoms. The largest absolute Gasteiger partial charge is 0.464 e. The quantitative estimate of drug-likeness (QED) is 0.626. The number of aromatic amines is 1. The molecule has 2 N–H and O–H groups in total. The molecule has 5 nitrogen and oxygen atoms in total. The van der Waals surface area contributed by atoms with E-state index in [0.29, 0.717) is 6.42 Å². The molecule has 0 saturated carbocycles. The standard InChI is InChI=1S/C22H22N2O3/c1-2-17(26)10-14-5-3-6-15(9-14)20-16(13-25)11-23-22-21(20)18(12-24-22)19-7-4-8-27-19/h2,4,6-8,11-12,14,25H,1,3,5,9-10,13H2,(H,23,24). The number of allylic oxidation sites excluding steroid dienone is 3. The van der Waals surface area contributed by atoms with Crippen molar-refractivity contribution in [3.05, 3.63) is 60.6 Å². The van der Waals surface area contributed by atoms with Gasteiger partial charge in [-0.3, -0.25) is 4.79 Å². The summed E-state index contributed by atoms with van der Waals surface area (Å²) in [6, 6.07) is 3.77. The monoisotopic (exact) mass is 362 g/mol. The fourth-order valence-electron chi connectivity index (χ4n) is 3.98. The summed E-state index contributed by atoms with van der Waals surface area (Å²) in [5.41, 5.74) is 4.64. The highest BCUT2D eigenvalue weighted by atomic mass is 16.3. The van der Waals surface area contributed by atoms with E-state index >= 15 is 0 Å². The normalized spacial score (nSPS) is 17.1. The van der Waals surface area contributed by atoms with Crippen LogP contribution in [0.15, 0.2) is 53.9 Å². The van der Waals surface area contributed by atoms with E-state index < -0.39 is 0 Å². The zero-order valence-corrected chi connectivity index (χ0v) is 15.1. The number of nitrogens with zero attached hydrogens (tertiary/aromatic N) is 1. The van der Waals surface area contributed by atoms with Crippen LogP contribution in [0.25, 0.3) is 27.9 Å². The zero-order chi connectivity index (χ0) is 18.8. The lowest BCUT2D eigenvalue weighted by atomic mass is 9.81. The molecule has 1 atom stereocenters. The van der Waals surface area contributed by atoms with Gasteiger partial charge in [-0.2, -0.15) is 0 Å². The summed E-state index contributed by atoms with van der Waals surface area (Å²) in [6.07, 6.45) is 12.1. The highest BCUT2D eigenvalue weighted by Crippen LogP contribution is 2.40. The number of ketones is 1. The third-order valence-electron chi connectivity index (χ3n) is 5.25. The Hall–Kier alpha value is -2.92. The van der Waals surface area contributed by atoms with E-state index in [1.54, 1.807) is 12.5 Å². The van der Waals surface area contributed by atoms with Crippen LogP contribution >= 0.6 is 0 Å². The maximum absolute atomic E-state index is 11.8. The van der Waals surface area contributed by atoms with Crippen LogP contribution in [0.4, 0.5) is 0 Å². The minimum absolute atomic E-state index is 0.0847. The van der Waals surface area contributed by atoms with Gasteiger partial charge < -0.3 is 14.5 Å². The van der Waals surface area contributed by atoms with Crippen molar-refractivity contribution in [1.29, 1.82) is 0 Å². The first-order valence-corrected chi connectivity index (χ1v) is 9.19. The van der Waals surface area contributed by atoms with E-state index in [-0.39, 0.29) is 18.3 Å². The van der Waals surface area contributed by atoms with E-state index in [1.807, 2.05) is 18.3 Å². The van der Waals surface area contributed by atoms with E-state index in [4.69, 9.17) is 4.42 Å². The Bertz CT molecular complexity index is 1010. The molecule has 1 aliphatic carbocycles. The van der Waals surface area contributed by atoms with Crippen molar-refractivity contribution < 1.29 is 14.3 Å². The van der Waals surface area contributed by atoms with Crippen molar-refractivity contribution in [2.24, 2.45) is 5.92 Å². The Morgan fingerprint density at radius 1 is 1.48 bits per heavy atom. The maximum atomic E-state index is 11.8. The van der Waals surface area contributed by atoms with Gasteiger partial charge in [0, 0.05) is 35.3 Å². The van der Waals surface area contributed by atoms with E-state index in [2.05, 4.69) is 22.6 Å². The predicted molar refractivity (Wildman–Crippen MR) is 105 cm³/mol. The lowest BCUT2D eigenvalue weighted by molar-refractivity contribution is -0.115. The third-order valence-corrected chi connectivity index (χ3v) is 5.25. The number of furan rings is 1. The molecule has 0 bridgehead atoms. The number of rotatable bonds is 6. The molecule has 138 valence electrons. The van der Waals surface area contributed by atoms with Crippen molar-refractivity contribution in [2.75, 3.05) is 0 Å². The number of fused-ring (bicyclic) bond motifs is 1. The van der Waals surface area contributed by atoms with Crippen molar-refractivity contribution in [2.45, 2.75) is 32.3 Å². The van der Waals surface area contributed by atoms with E-state index in [1.165, 1.54) is 6.08 Å². The number of nitrogens with one attached hydrogen (secondary N) is 1. The Kier molecular flexibility index (Phi) is 4.77. The van der Waals surface area contributed by atoms with Crippen molar-refractivity contribution in [3.8, 4) is 11.3 Å². The summed E-state index contributed by atoms with van der Waals surface area (Å²) in [7, 11) is 0. The van der Waals surface area contributed by atoms with Crippen molar-refractivity contribution in [3.63, 3.8) is 0 Å². The maximum Gasteiger partial charge on any atom is 0.155 e. The van der Waals surface area contributed by atoms with Gasteiger partial charge in [0.15, 0.2) is 5.78 Å². The number of carbonyl (C=O) groups excluding carboxylic acids is 1. The van der Waals surface area contributed by atoms with Crippen LogP contribution < -0.4 is 0 Å². The van der Waals surface area contributed by atoms with Crippen molar-refractivity contribution in [1.82, 2.24) is 9.97 Å². The van der Waals surface area contributed by atoms with Gasteiger partial charge in [-0.25, -0.2) is 4.98 Å². The highest BCUT2D eigenvalue weighted by molar-refractivity contribution is 6.01. The SMILES string of the molecule is C=CC(=O)CC1CCC=C(c2c(CO)cnc3[nH]cc(-c4ccco4)c23)C1. The van der Waals surface area contributed by atoms with Gasteiger partial charge >= 0.3 is 0 Å². The van der Waals surface area contributed by atoms with E-state index in [9.17, 15) is 9.90 Å². The Morgan fingerprint density at radius 3 is 3.11 bits per heavy atom. The summed E-state index contributed by atoms with van der Waals surface area (Å²) in [5, 5.41) is 10.9. The number of hydrogen-bond acceptors (Lipinski definition) is 4. The molecule has 0 aliphatic heterocycles. The number of H-pyrrole nitrogens is 1. The molecule has 1 aliphatic rings. The van der Waals surface area contributed by atoms with Crippen LogP contribution in [-0.2, 0) is 11.4 Å². The van der Waals surface area contributed by atoms with Crippen LogP contribution in [0, 0.1) is 5.92 Å². The Balaban J connectivity index is 1.82. The fourth-order valence-corrected chi connectivity index (χ4v) is 3.98. The molecule has 3 aromatic rings. The van der Waals surface area contributed by atoms with Gasteiger partial charge in [0.1, 0.15) is 11.4 Å². The predicted octanol–water partition coefficient (Wildman–Crippen LogP) is 4.64. The first-order valence-electron chi connectivity index (χ1n) is 9.19. The Labute approximate surface area is 157 Å². The molecule has 0 saturated heterocycles. The van der Waals surface area contributed by atoms with Crippen LogP contribution in [0.3, 0.4) is 0 Å². The number of aliphatic hydroxyl groups excluding tert-OH is 1. The molecular weight excluding hydrogens is 340 g/mol. The Morgan fingerprint density at radius 2 is 2.37 bits per heavy atom. The second-order valence-corrected chi connectivity index (χ2v) is 6.97. The number of aromatic nitrogens is 2. The summed E-state index contributed by atoms with van der Waals surface area (Å²) < 4.78 is 5.60. The van der Waals surface area contributed by atoms with Crippen LogP contribution in [-0.4, -0.2) is 20.9 Å². The molecule has 5 heteroatoms. The lowest BCUT2D eigenvalue weighted by Gasteiger charge is -2.24. The highest BCUT2D eigenvalue weighted by Gasteiger charge is 2.24. The minimum atomic E-state index is -0.0886. The van der Waals surface area contributed by atoms with Gasteiger partial charge in [-0.15, -0.1) is 0 Å². The van der Waals surface area contributed by atoms with Crippen molar-refractivity contribution >= 4 is 22.4 Å². The molecule has 4 rings (SSSR count). The molecule has 3 aromatic heterocycles. The number of pyridine rings is 1. The number of aliphatic hydroxyl groups is 1. The third kappa shape index (κ3) is 3.26. The summed E-state index contributed by atoms with van der Waals surface area (Å²) >= 11 is 0. The second-order valence-electron chi connectivity index (χ2n) is 6.97. The van der Waals surface area contributed by atoms with Gasteiger partial charge in [0.05, 0.1) is 12.9 Å². The fraction of sp³-hybridized carbons (Fsp3) is 0.273. The molecule has 1 unspecified atom stereocenters. The van der Waals surface area contributed by atoms with Gasteiger partial charge in [-0.05, 0) is 54.5 Å². The van der Waals surface area contributed by atoms with Gasteiger partial charge in [0.2, 0.25) is 0 Å². The van der Waals surface area contributed by atoms with Crippen LogP contribution in [0.1, 0.15) is 36.8 Å². The molecule has 0 aromatic carbocycles. The van der Waals surface area contributed by atoms with Gasteiger partial charge in [-0.1, -0.05) is 12.7 Å². The first kappa shape index (κ1) is 17.5. The number of hydrogen-bond donors (Lipinski definition) is 2. The van der Waals surface area contributed by atoms with E-state index in [0.717, 1.165) is 58.3 Å². The zero-order valence-electron chi connectivity index (χ0n) is 15.1. The molecule has 0 spiro atoms. The average molecular weight is 362 g/mol. The van der Waals surface area contributed by atoms with Crippen LogP contribution in [0.5, 0.6) is 0 Å². The summed E-state index contributed by atoms with van der Waals surface area (Å²) in [4.78, 5) is 19.5. The lowest BCUT2D eigenvalue weighted by Crippen LogP contribution is -2.12. The molecule has 0 radical (unpaired) electrons. The number of carbonyl (C=O) groups is 1. The summed E-state index contributed by atoms with van der Waals surface area (Å²) in [6.45, 7) is 3.50. The molecule has 0 amide bonds. The second kappa shape index (κ2) is 7.37. The first-order chi connectivity index (χ1) is 13.2. The topological polar surface area (TPSA) is 79.1 Å². The average Bonchev–Trinajstić information content (AvgIpc) is 3.36. The smallest absolute Gasteiger partial charge is 0.155 e. The van der Waals surface area contributed by atoms with Gasteiger partial charge in [0.25, 0.3) is 0 Å². The van der Waals surface area contributed by atoms with Crippen LogP contribution in [0.2, 0.25) is 0 Å². The minimum Gasteiger partial charge on any atom is -0.464 e. The molecule has 0 fully saturated rings. The molecular formula is C22H22N2O3.